The number of aryl methyl sites for hydroxylation is 1. The second kappa shape index (κ2) is 6.01. The lowest BCUT2D eigenvalue weighted by Crippen LogP contribution is -2.44. The van der Waals surface area contributed by atoms with E-state index in [2.05, 4.69) is 6.58 Å². The predicted octanol–water partition coefficient (Wildman–Crippen LogP) is 2.69. The first-order chi connectivity index (χ1) is 9.10. The van der Waals surface area contributed by atoms with Crippen molar-refractivity contribution >= 4 is 31.9 Å². The molecular formula is C12H12BrF2NO3S. The Balaban J connectivity index is 3.29. The second-order valence-electron chi connectivity index (χ2n) is 3.94. The fourth-order valence-corrected chi connectivity index (χ4v) is 3.09. The van der Waals surface area contributed by atoms with E-state index >= 15 is 0 Å². The summed E-state index contributed by atoms with van der Waals surface area (Å²) < 4.78 is 50.6. The van der Waals surface area contributed by atoms with Crippen molar-refractivity contribution < 1.29 is 22.0 Å². The van der Waals surface area contributed by atoms with Gasteiger partial charge in [0, 0.05) is 15.9 Å². The summed E-state index contributed by atoms with van der Waals surface area (Å²) in [7, 11) is -4.36. The zero-order valence-corrected chi connectivity index (χ0v) is 12.9. The Labute approximate surface area is 124 Å². The van der Waals surface area contributed by atoms with Crippen molar-refractivity contribution in [2.45, 2.75) is 16.7 Å². The Bertz CT molecular complexity index is 609. The van der Waals surface area contributed by atoms with E-state index in [9.17, 15) is 22.0 Å². The van der Waals surface area contributed by atoms with Gasteiger partial charge in [-0.3, -0.25) is 4.79 Å². The van der Waals surface area contributed by atoms with Crippen molar-refractivity contribution in [2.75, 3.05) is 6.54 Å². The molecule has 1 amide bonds. The molecule has 1 rings (SSSR count). The van der Waals surface area contributed by atoms with Gasteiger partial charge in [-0.2, -0.15) is 8.78 Å². The van der Waals surface area contributed by atoms with Gasteiger partial charge >= 0.3 is 10.7 Å². The van der Waals surface area contributed by atoms with E-state index in [0.717, 1.165) is 11.6 Å². The molecule has 0 radical (unpaired) electrons. The third-order valence-corrected chi connectivity index (χ3v) is 4.48. The summed E-state index contributed by atoms with van der Waals surface area (Å²) in [6.45, 7) is 4.47. The summed E-state index contributed by atoms with van der Waals surface area (Å²) in [6, 6.07) is 5.52. The molecule has 4 nitrogen and oxygen atoms in total. The molecule has 0 fully saturated rings. The first kappa shape index (κ1) is 16.8. The van der Waals surface area contributed by atoms with Crippen LogP contribution in [0.15, 0.2) is 41.8 Å². The first-order valence-corrected chi connectivity index (χ1v) is 7.65. The summed E-state index contributed by atoms with van der Waals surface area (Å²) in [4.78, 5) is 7.34. The zero-order chi connectivity index (χ0) is 15.6. The molecule has 110 valence electrons. The number of halogens is 3. The molecule has 8 heteroatoms. The smallest absolute Gasteiger partial charge is 0.266 e. The van der Waals surface area contributed by atoms with E-state index in [0.29, 0.717) is 0 Å². The van der Waals surface area contributed by atoms with Crippen LogP contribution in [0.5, 0.6) is 0 Å². The van der Waals surface area contributed by atoms with E-state index in [1.165, 1.54) is 24.3 Å². The topological polar surface area (TPSA) is 54.5 Å². The van der Waals surface area contributed by atoms with Gasteiger partial charge < -0.3 is 0 Å². The van der Waals surface area contributed by atoms with E-state index in [1.807, 2.05) is 15.9 Å². The van der Waals surface area contributed by atoms with Crippen molar-refractivity contribution in [2.24, 2.45) is 0 Å². The standard InChI is InChI=1S/C12H12BrF2NO3S/c1-3-8-16(11(17)12(13,14)15)20(18,19)10-6-4-9(2)5-7-10/h3-7H,1,8H2,2H3. The monoisotopic (exact) mass is 367 g/mol. The minimum Gasteiger partial charge on any atom is -0.266 e. The van der Waals surface area contributed by atoms with Crippen molar-refractivity contribution in [1.29, 1.82) is 0 Å². The number of nitrogens with zero attached hydrogens (tertiary/aromatic N) is 1. The number of hydrogen-bond acceptors (Lipinski definition) is 3. The maximum absolute atomic E-state index is 13.0. The number of sulfonamides is 1. The summed E-state index contributed by atoms with van der Waals surface area (Å²) in [5.41, 5.74) is 0.802. The molecule has 0 aliphatic heterocycles. The average molecular weight is 368 g/mol. The van der Waals surface area contributed by atoms with E-state index in [1.54, 1.807) is 6.92 Å². The van der Waals surface area contributed by atoms with Gasteiger partial charge in [-0.05, 0) is 19.1 Å². The molecule has 0 atom stereocenters. The fraction of sp³-hybridized carbons (Fsp3) is 0.250. The van der Waals surface area contributed by atoms with Gasteiger partial charge in [0.15, 0.2) is 0 Å². The van der Waals surface area contributed by atoms with Gasteiger partial charge in [0.25, 0.3) is 10.0 Å². The minimum absolute atomic E-state index is 0.0828. The highest BCUT2D eigenvalue weighted by molar-refractivity contribution is 9.10. The van der Waals surface area contributed by atoms with E-state index < -0.39 is 27.3 Å². The number of hydrogen-bond donors (Lipinski definition) is 0. The maximum atomic E-state index is 13.0. The molecule has 0 saturated heterocycles. The van der Waals surface area contributed by atoms with Crippen LogP contribution in [-0.2, 0) is 14.8 Å². The normalized spacial score (nSPS) is 12.0. The molecule has 0 aliphatic carbocycles. The molecule has 0 saturated carbocycles. The van der Waals surface area contributed by atoms with Gasteiger partial charge in [0.1, 0.15) is 0 Å². The third kappa shape index (κ3) is 3.63. The van der Waals surface area contributed by atoms with Crippen LogP contribution in [0, 0.1) is 6.92 Å². The van der Waals surface area contributed by atoms with Gasteiger partial charge in [-0.25, -0.2) is 12.7 Å². The van der Waals surface area contributed by atoms with Crippen LogP contribution in [-0.4, -0.2) is 30.0 Å². The van der Waals surface area contributed by atoms with Crippen LogP contribution in [0.1, 0.15) is 5.56 Å². The summed E-state index contributed by atoms with van der Waals surface area (Å²) in [5.74, 6) is -1.86. The Kier molecular flexibility index (Phi) is 5.04. The number of alkyl halides is 3. The van der Waals surface area contributed by atoms with Crippen molar-refractivity contribution in [1.82, 2.24) is 4.31 Å². The van der Waals surface area contributed by atoms with E-state index in [-0.39, 0.29) is 9.20 Å². The largest absolute Gasteiger partial charge is 0.379 e. The summed E-state index contributed by atoms with van der Waals surface area (Å²) in [6.07, 6.45) is 1.06. The molecular weight excluding hydrogens is 356 g/mol. The average Bonchev–Trinajstić information content (AvgIpc) is 2.34. The number of benzene rings is 1. The van der Waals surface area contributed by atoms with Gasteiger partial charge in [-0.1, -0.05) is 23.8 Å². The Morgan fingerprint density at radius 2 is 1.90 bits per heavy atom. The molecule has 0 aliphatic rings. The van der Waals surface area contributed by atoms with Crippen molar-refractivity contribution in [3.8, 4) is 0 Å². The highest BCUT2D eigenvalue weighted by atomic mass is 79.9. The van der Waals surface area contributed by atoms with Crippen LogP contribution in [0.2, 0.25) is 0 Å². The number of amides is 1. The quantitative estimate of drug-likeness (QED) is 0.593. The lowest BCUT2D eigenvalue weighted by molar-refractivity contribution is -0.139. The first-order valence-electron chi connectivity index (χ1n) is 5.42. The fourth-order valence-electron chi connectivity index (χ4n) is 1.39. The van der Waals surface area contributed by atoms with Gasteiger partial charge in [0.2, 0.25) is 0 Å². The summed E-state index contributed by atoms with van der Waals surface area (Å²) in [5, 5.41) is 0. The second-order valence-corrected chi connectivity index (χ2v) is 6.80. The van der Waals surface area contributed by atoms with Crippen LogP contribution >= 0.6 is 15.9 Å². The SMILES string of the molecule is C=CCN(C(=O)C(F)(F)Br)S(=O)(=O)c1ccc(C)cc1. The third-order valence-electron chi connectivity index (χ3n) is 2.37. The van der Waals surface area contributed by atoms with E-state index in [4.69, 9.17) is 0 Å². The van der Waals surface area contributed by atoms with Gasteiger partial charge in [-0.15, -0.1) is 6.58 Å². The lowest BCUT2D eigenvalue weighted by atomic mass is 10.2. The number of carbonyl (C=O) groups excluding carboxylic acids is 1. The zero-order valence-electron chi connectivity index (χ0n) is 10.5. The van der Waals surface area contributed by atoms with Crippen LogP contribution < -0.4 is 0 Å². The number of carbonyl (C=O) groups is 1. The number of rotatable bonds is 5. The molecule has 20 heavy (non-hydrogen) atoms. The Morgan fingerprint density at radius 1 is 1.40 bits per heavy atom. The van der Waals surface area contributed by atoms with Crippen molar-refractivity contribution in [3.63, 3.8) is 0 Å². The lowest BCUT2D eigenvalue weighted by Gasteiger charge is -2.23. The van der Waals surface area contributed by atoms with Gasteiger partial charge in [0.05, 0.1) is 11.4 Å². The Hall–Kier alpha value is -1.28. The van der Waals surface area contributed by atoms with Crippen LogP contribution in [0.3, 0.4) is 0 Å². The minimum atomic E-state index is -4.36. The molecule has 0 unspecified atom stereocenters. The summed E-state index contributed by atoms with van der Waals surface area (Å²) >= 11 is 1.87. The molecule has 1 aromatic carbocycles. The Morgan fingerprint density at radius 3 is 2.30 bits per heavy atom. The molecule has 0 bridgehead atoms. The maximum Gasteiger partial charge on any atom is 0.379 e. The molecule has 1 aromatic rings. The molecule has 0 heterocycles. The molecule has 0 spiro atoms. The molecule has 0 aromatic heterocycles. The highest BCUT2D eigenvalue weighted by Crippen LogP contribution is 2.28. The highest BCUT2D eigenvalue weighted by Gasteiger charge is 2.43. The van der Waals surface area contributed by atoms with Crippen molar-refractivity contribution in [3.05, 3.63) is 42.5 Å². The van der Waals surface area contributed by atoms with Crippen LogP contribution in [0.4, 0.5) is 8.78 Å². The predicted molar refractivity (Wildman–Crippen MR) is 74.1 cm³/mol. The molecule has 0 N–H and O–H groups in total. The van der Waals surface area contributed by atoms with Crippen LogP contribution in [0.25, 0.3) is 0 Å².